The van der Waals surface area contributed by atoms with Gasteiger partial charge in [-0.1, -0.05) is 24.3 Å². The highest BCUT2D eigenvalue weighted by Crippen LogP contribution is 2.26. The first-order valence-corrected chi connectivity index (χ1v) is 6.92. The number of thiazole rings is 1. The number of benzene rings is 2. The molecule has 3 N–H and O–H groups in total. The molecule has 4 heteroatoms. The molecule has 0 aliphatic rings. The van der Waals surface area contributed by atoms with Gasteiger partial charge >= 0.3 is 0 Å². The standard InChI is InChI=1S/C15H14N2OS/c16-11-7-5-10(6-8-11)13(18)9-15-17-12-3-1-2-4-14(12)19-15/h1-8,13,18H,9,16H2. The van der Waals surface area contributed by atoms with E-state index in [4.69, 9.17) is 5.73 Å². The number of hydrogen-bond acceptors (Lipinski definition) is 4. The van der Waals surface area contributed by atoms with Gasteiger partial charge < -0.3 is 10.8 Å². The lowest BCUT2D eigenvalue weighted by Gasteiger charge is -2.09. The van der Waals surface area contributed by atoms with Gasteiger partial charge in [0.2, 0.25) is 0 Å². The van der Waals surface area contributed by atoms with Gasteiger partial charge in [0.1, 0.15) is 0 Å². The van der Waals surface area contributed by atoms with Crippen LogP contribution in [0, 0.1) is 0 Å². The summed E-state index contributed by atoms with van der Waals surface area (Å²) in [6.07, 6.45) is -0.00957. The van der Waals surface area contributed by atoms with Crippen molar-refractivity contribution in [1.29, 1.82) is 0 Å². The fraction of sp³-hybridized carbons (Fsp3) is 0.133. The first-order valence-electron chi connectivity index (χ1n) is 6.10. The number of nitrogen functional groups attached to an aromatic ring is 1. The lowest BCUT2D eigenvalue weighted by molar-refractivity contribution is 0.178. The number of rotatable bonds is 3. The van der Waals surface area contributed by atoms with Crippen LogP contribution in [0.4, 0.5) is 5.69 Å². The van der Waals surface area contributed by atoms with E-state index in [2.05, 4.69) is 4.98 Å². The monoisotopic (exact) mass is 270 g/mol. The highest BCUT2D eigenvalue weighted by molar-refractivity contribution is 7.18. The molecule has 1 atom stereocenters. The van der Waals surface area contributed by atoms with E-state index in [9.17, 15) is 5.11 Å². The molecule has 19 heavy (non-hydrogen) atoms. The van der Waals surface area contributed by atoms with E-state index in [0.717, 1.165) is 20.8 Å². The van der Waals surface area contributed by atoms with Crippen LogP contribution < -0.4 is 5.73 Å². The number of hydrogen-bond donors (Lipinski definition) is 2. The van der Waals surface area contributed by atoms with Crippen LogP contribution in [-0.4, -0.2) is 10.1 Å². The second-order valence-electron chi connectivity index (χ2n) is 4.46. The van der Waals surface area contributed by atoms with Gasteiger partial charge in [-0.05, 0) is 29.8 Å². The fourth-order valence-corrected chi connectivity index (χ4v) is 3.01. The Balaban J connectivity index is 1.82. The molecular formula is C15H14N2OS. The second kappa shape index (κ2) is 4.99. The minimum atomic E-state index is -0.541. The molecular weight excluding hydrogens is 256 g/mol. The molecule has 1 unspecified atom stereocenters. The Kier molecular flexibility index (Phi) is 3.19. The number of fused-ring (bicyclic) bond motifs is 1. The van der Waals surface area contributed by atoms with Gasteiger partial charge in [-0.25, -0.2) is 4.98 Å². The maximum atomic E-state index is 10.2. The minimum absolute atomic E-state index is 0.531. The topological polar surface area (TPSA) is 59.1 Å². The Labute approximate surface area is 115 Å². The van der Waals surface area contributed by atoms with E-state index < -0.39 is 6.10 Å². The predicted octanol–water partition coefficient (Wildman–Crippen LogP) is 3.15. The van der Waals surface area contributed by atoms with Crippen molar-refractivity contribution in [3.05, 3.63) is 59.1 Å². The maximum absolute atomic E-state index is 10.2. The lowest BCUT2D eigenvalue weighted by Crippen LogP contribution is -2.01. The third kappa shape index (κ3) is 2.59. The molecule has 1 heterocycles. The van der Waals surface area contributed by atoms with Crippen molar-refractivity contribution < 1.29 is 5.11 Å². The number of aromatic nitrogens is 1. The molecule has 1 aromatic heterocycles. The molecule has 96 valence electrons. The minimum Gasteiger partial charge on any atom is -0.399 e. The molecule has 0 fully saturated rings. The Morgan fingerprint density at radius 1 is 1.11 bits per heavy atom. The average molecular weight is 270 g/mol. The molecule has 0 spiro atoms. The number of anilines is 1. The molecule has 0 saturated heterocycles. The summed E-state index contributed by atoms with van der Waals surface area (Å²) in [5.41, 5.74) is 8.20. The molecule has 0 aliphatic heterocycles. The first-order chi connectivity index (χ1) is 9.22. The van der Waals surface area contributed by atoms with Gasteiger partial charge in [0.15, 0.2) is 0 Å². The van der Waals surface area contributed by atoms with Crippen LogP contribution in [0.5, 0.6) is 0 Å². The molecule has 3 aromatic rings. The smallest absolute Gasteiger partial charge is 0.0967 e. The van der Waals surface area contributed by atoms with E-state index in [1.165, 1.54) is 0 Å². The number of nitrogens with two attached hydrogens (primary N) is 1. The molecule has 3 nitrogen and oxygen atoms in total. The van der Waals surface area contributed by atoms with Crippen LogP contribution in [0.15, 0.2) is 48.5 Å². The molecule has 3 rings (SSSR count). The van der Waals surface area contributed by atoms with Gasteiger partial charge in [0.05, 0.1) is 21.3 Å². The van der Waals surface area contributed by atoms with Gasteiger partial charge in [-0.15, -0.1) is 11.3 Å². The largest absolute Gasteiger partial charge is 0.399 e. The van der Waals surface area contributed by atoms with Crippen LogP contribution in [0.2, 0.25) is 0 Å². The summed E-state index contributed by atoms with van der Waals surface area (Å²) in [5.74, 6) is 0. The highest BCUT2D eigenvalue weighted by atomic mass is 32.1. The number of aliphatic hydroxyl groups is 1. The third-order valence-electron chi connectivity index (χ3n) is 3.03. The van der Waals surface area contributed by atoms with E-state index in [-0.39, 0.29) is 0 Å². The van der Waals surface area contributed by atoms with E-state index in [1.807, 2.05) is 36.4 Å². The highest BCUT2D eigenvalue weighted by Gasteiger charge is 2.11. The van der Waals surface area contributed by atoms with Crippen LogP contribution >= 0.6 is 11.3 Å². The van der Waals surface area contributed by atoms with Crippen molar-refractivity contribution >= 4 is 27.2 Å². The van der Waals surface area contributed by atoms with Crippen LogP contribution in [0.3, 0.4) is 0 Å². The molecule has 2 aromatic carbocycles. The second-order valence-corrected chi connectivity index (χ2v) is 5.58. The van der Waals surface area contributed by atoms with Crippen molar-refractivity contribution in [3.63, 3.8) is 0 Å². The van der Waals surface area contributed by atoms with Crippen LogP contribution in [-0.2, 0) is 6.42 Å². The maximum Gasteiger partial charge on any atom is 0.0967 e. The van der Waals surface area contributed by atoms with Crippen LogP contribution in [0.1, 0.15) is 16.7 Å². The summed E-state index contributed by atoms with van der Waals surface area (Å²) in [6, 6.07) is 15.3. The lowest BCUT2D eigenvalue weighted by atomic mass is 10.1. The number of aliphatic hydroxyl groups excluding tert-OH is 1. The molecule has 0 radical (unpaired) electrons. The average Bonchev–Trinajstić information content (AvgIpc) is 2.81. The summed E-state index contributed by atoms with van der Waals surface area (Å²) in [7, 11) is 0. The summed E-state index contributed by atoms with van der Waals surface area (Å²) in [5, 5.41) is 11.2. The quantitative estimate of drug-likeness (QED) is 0.719. The summed E-state index contributed by atoms with van der Waals surface area (Å²) >= 11 is 1.63. The zero-order valence-corrected chi connectivity index (χ0v) is 11.1. The van der Waals surface area contributed by atoms with Crippen molar-refractivity contribution in [1.82, 2.24) is 4.98 Å². The van der Waals surface area contributed by atoms with Crippen molar-refractivity contribution in [2.24, 2.45) is 0 Å². The van der Waals surface area contributed by atoms with Gasteiger partial charge in [0, 0.05) is 12.1 Å². The Hall–Kier alpha value is -1.91. The van der Waals surface area contributed by atoms with E-state index >= 15 is 0 Å². The van der Waals surface area contributed by atoms with E-state index in [1.54, 1.807) is 23.5 Å². The fourth-order valence-electron chi connectivity index (χ4n) is 2.01. The SMILES string of the molecule is Nc1ccc(C(O)Cc2nc3ccccc3s2)cc1. The normalized spacial score (nSPS) is 12.7. The molecule has 0 bridgehead atoms. The van der Waals surface area contributed by atoms with Gasteiger partial charge in [-0.3, -0.25) is 0 Å². The number of nitrogens with zero attached hydrogens (tertiary/aromatic N) is 1. The summed E-state index contributed by atoms with van der Waals surface area (Å²) in [4.78, 5) is 4.53. The van der Waals surface area contributed by atoms with Gasteiger partial charge in [0.25, 0.3) is 0 Å². The summed E-state index contributed by atoms with van der Waals surface area (Å²) < 4.78 is 1.15. The van der Waals surface area contributed by atoms with Crippen molar-refractivity contribution in [2.45, 2.75) is 12.5 Å². The summed E-state index contributed by atoms with van der Waals surface area (Å²) in [6.45, 7) is 0. The molecule has 0 amide bonds. The van der Waals surface area contributed by atoms with Gasteiger partial charge in [-0.2, -0.15) is 0 Å². The molecule has 0 saturated carbocycles. The number of para-hydroxylation sites is 1. The Bertz CT molecular complexity index is 658. The Morgan fingerprint density at radius 3 is 2.58 bits per heavy atom. The zero-order chi connectivity index (χ0) is 13.2. The first kappa shape index (κ1) is 12.1. The third-order valence-corrected chi connectivity index (χ3v) is 4.09. The molecule has 0 aliphatic carbocycles. The van der Waals surface area contributed by atoms with Crippen molar-refractivity contribution in [3.8, 4) is 0 Å². The van der Waals surface area contributed by atoms with Crippen LogP contribution in [0.25, 0.3) is 10.2 Å². The zero-order valence-electron chi connectivity index (χ0n) is 10.3. The van der Waals surface area contributed by atoms with E-state index in [0.29, 0.717) is 12.1 Å². The predicted molar refractivity (Wildman–Crippen MR) is 79.1 cm³/mol. The van der Waals surface area contributed by atoms with Crippen molar-refractivity contribution in [2.75, 3.05) is 5.73 Å². The Morgan fingerprint density at radius 2 is 1.84 bits per heavy atom.